The maximum absolute atomic E-state index is 14.1. The molecule has 0 heterocycles. The number of ether oxygens (including phenoxy) is 1. The van der Waals surface area contributed by atoms with Gasteiger partial charge in [0.05, 0.1) is 12.7 Å². The third kappa shape index (κ3) is 3.19. The van der Waals surface area contributed by atoms with Crippen molar-refractivity contribution in [1.82, 2.24) is 0 Å². The van der Waals surface area contributed by atoms with E-state index in [9.17, 15) is 9.50 Å². The van der Waals surface area contributed by atoms with Crippen LogP contribution in [0.1, 0.15) is 18.1 Å². The summed E-state index contributed by atoms with van der Waals surface area (Å²) in [6.45, 7) is 1.68. The number of methoxy groups -OCH3 is 1. The lowest BCUT2D eigenvalue weighted by Gasteiger charge is -2.24. The van der Waals surface area contributed by atoms with Crippen molar-refractivity contribution >= 4 is 15.9 Å². The first kappa shape index (κ1) is 15.0. The van der Waals surface area contributed by atoms with Gasteiger partial charge in [-0.3, -0.25) is 0 Å². The fraction of sp³-hybridized carbons (Fsp3) is 0.250. The lowest BCUT2D eigenvalue weighted by molar-refractivity contribution is 0.0566. The van der Waals surface area contributed by atoms with Gasteiger partial charge in [-0.25, -0.2) is 4.39 Å². The Morgan fingerprint density at radius 1 is 1.20 bits per heavy atom. The molecule has 0 amide bonds. The highest BCUT2D eigenvalue weighted by atomic mass is 79.9. The molecule has 0 saturated heterocycles. The van der Waals surface area contributed by atoms with Crippen LogP contribution in [0, 0.1) is 5.82 Å². The van der Waals surface area contributed by atoms with Crippen LogP contribution in [0.25, 0.3) is 0 Å². The molecule has 4 heteroatoms. The molecule has 0 aliphatic carbocycles. The van der Waals surface area contributed by atoms with Crippen LogP contribution in [-0.4, -0.2) is 12.2 Å². The van der Waals surface area contributed by atoms with Crippen molar-refractivity contribution in [2.24, 2.45) is 0 Å². The summed E-state index contributed by atoms with van der Waals surface area (Å²) in [7, 11) is 1.43. The van der Waals surface area contributed by atoms with Crippen molar-refractivity contribution in [1.29, 1.82) is 0 Å². The lowest BCUT2D eigenvalue weighted by atomic mass is 9.89. The second kappa shape index (κ2) is 5.94. The first-order valence-electron chi connectivity index (χ1n) is 6.24. The Kier molecular flexibility index (Phi) is 4.45. The molecule has 0 aromatic heterocycles. The predicted molar refractivity (Wildman–Crippen MR) is 80.4 cm³/mol. The largest absolute Gasteiger partial charge is 0.494 e. The quantitative estimate of drug-likeness (QED) is 0.911. The molecule has 1 atom stereocenters. The summed E-state index contributed by atoms with van der Waals surface area (Å²) in [5.74, 6) is -0.235. The van der Waals surface area contributed by atoms with Gasteiger partial charge in [-0.1, -0.05) is 40.2 Å². The van der Waals surface area contributed by atoms with Gasteiger partial charge in [0.2, 0.25) is 0 Å². The summed E-state index contributed by atoms with van der Waals surface area (Å²) in [5.41, 5.74) is 0.0219. The van der Waals surface area contributed by atoms with Crippen LogP contribution in [0.15, 0.2) is 46.9 Å². The lowest BCUT2D eigenvalue weighted by Crippen LogP contribution is -2.24. The van der Waals surface area contributed by atoms with Gasteiger partial charge < -0.3 is 9.84 Å². The summed E-state index contributed by atoms with van der Waals surface area (Å²) in [5, 5.41) is 10.6. The Balaban J connectivity index is 2.30. The topological polar surface area (TPSA) is 29.5 Å². The van der Waals surface area contributed by atoms with E-state index in [1.54, 1.807) is 25.1 Å². The second-order valence-electron chi connectivity index (χ2n) is 4.89. The van der Waals surface area contributed by atoms with Gasteiger partial charge in [-0.2, -0.15) is 0 Å². The van der Waals surface area contributed by atoms with Crippen LogP contribution in [0.4, 0.5) is 4.39 Å². The fourth-order valence-corrected chi connectivity index (χ4v) is 2.40. The van der Waals surface area contributed by atoms with Crippen LogP contribution in [-0.2, 0) is 12.0 Å². The Bertz CT molecular complexity index is 594. The van der Waals surface area contributed by atoms with Crippen LogP contribution in [0.3, 0.4) is 0 Å². The molecule has 0 radical (unpaired) electrons. The zero-order valence-electron chi connectivity index (χ0n) is 11.4. The number of hydrogen-bond acceptors (Lipinski definition) is 2. The van der Waals surface area contributed by atoms with Crippen molar-refractivity contribution in [2.45, 2.75) is 18.9 Å². The number of halogens is 2. The molecule has 0 aliphatic heterocycles. The average molecular weight is 339 g/mol. The molecule has 0 fully saturated rings. The van der Waals surface area contributed by atoms with Crippen LogP contribution < -0.4 is 4.74 Å². The first-order valence-corrected chi connectivity index (χ1v) is 7.03. The Hall–Kier alpha value is -1.39. The molecule has 2 aromatic carbocycles. The van der Waals surface area contributed by atoms with Crippen molar-refractivity contribution < 1.29 is 14.2 Å². The van der Waals surface area contributed by atoms with Crippen molar-refractivity contribution in [2.75, 3.05) is 7.11 Å². The van der Waals surface area contributed by atoms with E-state index in [-0.39, 0.29) is 12.2 Å². The molecule has 0 bridgehead atoms. The normalized spacial score (nSPS) is 13.8. The molecule has 1 N–H and O–H groups in total. The van der Waals surface area contributed by atoms with E-state index in [1.165, 1.54) is 7.11 Å². The predicted octanol–water partition coefficient (Wildman–Crippen LogP) is 4.05. The minimum absolute atomic E-state index is 0.178. The zero-order chi connectivity index (χ0) is 14.8. The smallest absolute Gasteiger partial charge is 0.168 e. The highest BCUT2D eigenvalue weighted by Crippen LogP contribution is 2.29. The monoisotopic (exact) mass is 338 g/mol. The molecular formula is C16H16BrFO2. The summed E-state index contributed by atoms with van der Waals surface area (Å²) < 4.78 is 20.0. The van der Waals surface area contributed by atoms with Crippen molar-refractivity contribution in [3.63, 3.8) is 0 Å². The molecule has 1 unspecified atom stereocenters. The molecule has 2 aromatic rings. The van der Waals surface area contributed by atoms with E-state index >= 15 is 0 Å². The van der Waals surface area contributed by atoms with Crippen molar-refractivity contribution in [3.8, 4) is 5.75 Å². The van der Waals surface area contributed by atoms with Crippen LogP contribution in [0.5, 0.6) is 5.75 Å². The van der Waals surface area contributed by atoms with Gasteiger partial charge in [0, 0.05) is 10.9 Å². The first-order chi connectivity index (χ1) is 9.44. The minimum atomic E-state index is -1.14. The maximum atomic E-state index is 14.1. The molecular weight excluding hydrogens is 323 g/mol. The molecule has 20 heavy (non-hydrogen) atoms. The van der Waals surface area contributed by atoms with Gasteiger partial charge in [-0.15, -0.1) is 0 Å². The van der Waals surface area contributed by atoms with Crippen LogP contribution in [0.2, 0.25) is 0 Å². The SMILES string of the molecule is COc1cccc(CC(C)(O)c2ccc(Br)cc2)c1F. The van der Waals surface area contributed by atoms with Crippen LogP contribution >= 0.6 is 15.9 Å². The molecule has 0 aliphatic rings. The Morgan fingerprint density at radius 3 is 2.45 bits per heavy atom. The Morgan fingerprint density at radius 2 is 1.85 bits per heavy atom. The summed E-state index contributed by atoms with van der Waals surface area (Å²) in [4.78, 5) is 0. The number of aliphatic hydroxyl groups is 1. The molecule has 0 spiro atoms. The number of hydrogen-bond donors (Lipinski definition) is 1. The second-order valence-corrected chi connectivity index (χ2v) is 5.81. The fourth-order valence-electron chi connectivity index (χ4n) is 2.13. The molecule has 0 saturated carbocycles. The summed E-state index contributed by atoms with van der Waals surface area (Å²) in [6, 6.07) is 12.3. The maximum Gasteiger partial charge on any atom is 0.168 e. The van der Waals surface area contributed by atoms with Gasteiger partial charge in [0.15, 0.2) is 11.6 Å². The molecule has 106 valence electrons. The van der Waals surface area contributed by atoms with Gasteiger partial charge >= 0.3 is 0 Å². The van der Waals surface area contributed by atoms with Gasteiger partial charge in [0.1, 0.15) is 0 Å². The van der Waals surface area contributed by atoms with E-state index in [2.05, 4.69) is 15.9 Å². The van der Waals surface area contributed by atoms with E-state index in [0.717, 1.165) is 10.0 Å². The summed E-state index contributed by atoms with van der Waals surface area (Å²) >= 11 is 3.35. The van der Waals surface area contributed by atoms with E-state index in [4.69, 9.17) is 4.74 Å². The molecule has 2 rings (SSSR count). The molecule has 2 nitrogen and oxygen atoms in total. The average Bonchev–Trinajstić information content (AvgIpc) is 2.41. The minimum Gasteiger partial charge on any atom is -0.494 e. The zero-order valence-corrected chi connectivity index (χ0v) is 12.9. The van der Waals surface area contributed by atoms with E-state index in [1.807, 2.05) is 24.3 Å². The third-order valence-corrected chi connectivity index (χ3v) is 3.79. The highest BCUT2D eigenvalue weighted by Gasteiger charge is 2.25. The standard InChI is InChI=1S/C16H16BrFO2/c1-16(19,12-6-8-13(17)9-7-12)10-11-4-3-5-14(20-2)15(11)18/h3-9,19H,10H2,1-2H3. The highest BCUT2D eigenvalue weighted by molar-refractivity contribution is 9.10. The van der Waals surface area contributed by atoms with Crippen molar-refractivity contribution in [3.05, 3.63) is 63.9 Å². The van der Waals surface area contributed by atoms with Gasteiger partial charge in [0.25, 0.3) is 0 Å². The van der Waals surface area contributed by atoms with E-state index in [0.29, 0.717) is 5.56 Å². The third-order valence-electron chi connectivity index (χ3n) is 3.26. The number of rotatable bonds is 4. The van der Waals surface area contributed by atoms with E-state index < -0.39 is 11.4 Å². The summed E-state index contributed by atoms with van der Waals surface area (Å²) in [6.07, 6.45) is 0.178. The Labute approximate surface area is 126 Å². The number of benzene rings is 2. The van der Waals surface area contributed by atoms with Gasteiger partial charge in [-0.05, 0) is 36.2 Å².